The van der Waals surface area contributed by atoms with Gasteiger partial charge in [0.05, 0.1) is 0 Å². The zero-order chi connectivity index (χ0) is 14.4. The minimum absolute atomic E-state index is 0.129. The van der Waals surface area contributed by atoms with E-state index in [0.29, 0.717) is 0 Å². The molecule has 0 aliphatic carbocycles. The summed E-state index contributed by atoms with van der Waals surface area (Å²) in [6.45, 7) is 4.71. The van der Waals surface area contributed by atoms with Crippen LogP contribution in [0.15, 0.2) is 0 Å². The number of nitrogens with zero attached hydrogens (tertiary/aromatic N) is 1. The highest BCUT2D eigenvalue weighted by atomic mass is 16.4. The van der Waals surface area contributed by atoms with Crippen LogP contribution in [0.2, 0.25) is 0 Å². The highest BCUT2D eigenvalue weighted by Gasteiger charge is 2.25. The van der Waals surface area contributed by atoms with E-state index in [4.69, 9.17) is 5.11 Å². The fourth-order valence-corrected chi connectivity index (χ4v) is 2.01. The highest BCUT2D eigenvalue weighted by Crippen LogP contribution is 2.08. The average molecular weight is 271 g/mol. The lowest BCUT2D eigenvalue weighted by Crippen LogP contribution is -2.52. The minimum atomic E-state index is -1.09. The van der Waals surface area contributed by atoms with E-state index < -0.39 is 24.1 Å². The van der Waals surface area contributed by atoms with Crippen molar-refractivity contribution in [2.24, 2.45) is 0 Å². The van der Waals surface area contributed by atoms with E-state index in [1.54, 1.807) is 18.7 Å². The fourth-order valence-electron chi connectivity index (χ4n) is 2.01. The molecule has 7 nitrogen and oxygen atoms in total. The van der Waals surface area contributed by atoms with E-state index in [1.807, 2.05) is 0 Å². The van der Waals surface area contributed by atoms with Gasteiger partial charge in [-0.2, -0.15) is 0 Å². The lowest BCUT2D eigenvalue weighted by Gasteiger charge is -2.22. The maximum atomic E-state index is 11.9. The standard InChI is InChI=1S/C12H21N3O4/c1-3-9(11(17)18)14-12(19)13-8(2)10(16)15-6-4-5-7-15/h8-9H,3-7H2,1-2H3,(H,17,18)(H2,13,14,19)/t8?,9-/m0/s1. The molecule has 0 aromatic carbocycles. The molecule has 3 amide bonds. The third kappa shape index (κ3) is 4.42. The number of urea groups is 1. The molecule has 0 saturated carbocycles. The molecule has 1 unspecified atom stereocenters. The Hall–Kier alpha value is -1.79. The number of amides is 3. The number of carbonyl (C=O) groups excluding carboxylic acids is 2. The van der Waals surface area contributed by atoms with Crippen molar-refractivity contribution in [3.8, 4) is 0 Å². The second-order valence-corrected chi connectivity index (χ2v) is 4.67. The maximum absolute atomic E-state index is 11.9. The van der Waals surface area contributed by atoms with Gasteiger partial charge >= 0.3 is 12.0 Å². The van der Waals surface area contributed by atoms with E-state index in [0.717, 1.165) is 25.9 Å². The number of hydrogen-bond donors (Lipinski definition) is 3. The van der Waals surface area contributed by atoms with Crippen molar-refractivity contribution >= 4 is 17.9 Å². The lowest BCUT2D eigenvalue weighted by molar-refractivity contribution is -0.139. The first kappa shape index (κ1) is 15.3. The van der Waals surface area contributed by atoms with Gasteiger partial charge in [-0.3, -0.25) is 4.79 Å². The molecule has 7 heteroatoms. The smallest absolute Gasteiger partial charge is 0.326 e. The van der Waals surface area contributed by atoms with Crippen molar-refractivity contribution in [1.29, 1.82) is 0 Å². The van der Waals surface area contributed by atoms with Crippen LogP contribution in [0.3, 0.4) is 0 Å². The molecule has 19 heavy (non-hydrogen) atoms. The van der Waals surface area contributed by atoms with Crippen LogP contribution in [-0.4, -0.2) is 53.1 Å². The monoisotopic (exact) mass is 271 g/mol. The van der Waals surface area contributed by atoms with Gasteiger partial charge in [-0.25, -0.2) is 9.59 Å². The molecule has 0 bridgehead atoms. The van der Waals surface area contributed by atoms with Gasteiger partial charge in [-0.15, -0.1) is 0 Å². The normalized spacial score (nSPS) is 17.7. The Morgan fingerprint density at radius 2 is 1.79 bits per heavy atom. The van der Waals surface area contributed by atoms with Gasteiger partial charge in [-0.05, 0) is 26.2 Å². The number of likely N-dealkylation sites (tertiary alicyclic amines) is 1. The van der Waals surface area contributed by atoms with Gasteiger partial charge in [0, 0.05) is 13.1 Å². The Labute approximate surface area is 112 Å². The average Bonchev–Trinajstić information content (AvgIpc) is 2.88. The second-order valence-electron chi connectivity index (χ2n) is 4.67. The van der Waals surface area contributed by atoms with Crippen LogP contribution >= 0.6 is 0 Å². The number of carboxylic acids is 1. The largest absolute Gasteiger partial charge is 0.480 e. The van der Waals surface area contributed by atoms with Crippen LogP contribution in [0, 0.1) is 0 Å². The number of rotatable bonds is 5. The molecule has 1 saturated heterocycles. The number of carbonyl (C=O) groups is 3. The first-order valence-electron chi connectivity index (χ1n) is 6.54. The van der Waals surface area contributed by atoms with Crippen LogP contribution in [0.25, 0.3) is 0 Å². The molecule has 0 radical (unpaired) electrons. The summed E-state index contributed by atoms with van der Waals surface area (Å²) in [5, 5.41) is 13.6. The third-order valence-corrected chi connectivity index (χ3v) is 3.15. The predicted octanol–water partition coefficient (Wildman–Crippen LogP) is 0.160. The van der Waals surface area contributed by atoms with Gasteiger partial charge < -0.3 is 20.6 Å². The van der Waals surface area contributed by atoms with Gasteiger partial charge in [0.1, 0.15) is 12.1 Å². The zero-order valence-corrected chi connectivity index (χ0v) is 11.3. The molecule has 0 spiro atoms. The van der Waals surface area contributed by atoms with E-state index >= 15 is 0 Å². The molecule has 1 rings (SSSR count). The zero-order valence-electron chi connectivity index (χ0n) is 11.3. The summed E-state index contributed by atoms with van der Waals surface area (Å²) in [7, 11) is 0. The number of aliphatic carboxylic acids is 1. The van der Waals surface area contributed by atoms with E-state index in [9.17, 15) is 14.4 Å². The topological polar surface area (TPSA) is 98.7 Å². The second kappa shape index (κ2) is 6.96. The molecule has 1 aliphatic rings. The van der Waals surface area contributed by atoms with Crippen LogP contribution < -0.4 is 10.6 Å². The third-order valence-electron chi connectivity index (χ3n) is 3.15. The summed E-state index contributed by atoms with van der Waals surface area (Å²) in [6.07, 6.45) is 2.26. The SMILES string of the molecule is CC[C@H](NC(=O)NC(C)C(=O)N1CCCC1)C(=O)O. The predicted molar refractivity (Wildman–Crippen MR) is 68.7 cm³/mol. The summed E-state index contributed by atoms with van der Waals surface area (Å²) in [6, 6.07) is -2.22. The van der Waals surface area contributed by atoms with Gasteiger partial charge in [-0.1, -0.05) is 6.92 Å². The minimum Gasteiger partial charge on any atom is -0.480 e. The van der Waals surface area contributed by atoms with E-state index in [1.165, 1.54) is 0 Å². The first-order valence-corrected chi connectivity index (χ1v) is 6.54. The molecule has 108 valence electrons. The molecule has 0 aromatic rings. The van der Waals surface area contributed by atoms with E-state index in [2.05, 4.69) is 10.6 Å². The molecule has 1 aliphatic heterocycles. The lowest BCUT2D eigenvalue weighted by atomic mass is 10.2. The van der Waals surface area contributed by atoms with Crippen LogP contribution in [-0.2, 0) is 9.59 Å². The summed E-state index contributed by atoms with van der Waals surface area (Å²) in [5.74, 6) is -1.22. The van der Waals surface area contributed by atoms with Gasteiger partial charge in [0.15, 0.2) is 0 Å². The molecule has 1 fully saturated rings. The molecule has 1 heterocycles. The van der Waals surface area contributed by atoms with Crippen LogP contribution in [0.1, 0.15) is 33.1 Å². The Bertz CT molecular complexity index is 353. The summed E-state index contributed by atoms with van der Waals surface area (Å²) >= 11 is 0. The van der Waals surface area contributed by atoms with E-state index in [-0.39, 0.29) is 12.3 Å². The van der Waals surface area contributed by atoms with Crippen molar-refractivity contribution in [3.05, 3.63) is 0 Å². The quantitative estimate of drug-likeness (QED) is 0.663. The maximum Gasteiger partial charge on any atom is 0.326 e. The Balaban J connectivity index is 2.42. The molecular formula is C12H21N3O4. The summed E-state index contributed by atoms with van der Waals surface area (Å²) in [4.78, 5) is 36.0. The molecule has 3 N–H and O–H groups in total. The highest BCUT2D eigenvalue weighted by molar-refractivity contribution is 5.88. The van der Waals surface area contributed by atoms with Crippen molar-refractivity contribution < 1.29 is 19.5 Å². The number of hydrogen-bond acceptors (Lipinski definition) is 3. The summed E-state index contributed by atoms with van der Waals surface area (Å²) < 4.78 is 0. The van der Waals surface area contributed by atoms with Gasteiger partial charge in [0.25, 0.3) is 0 Å². The van der Waals surface area contributed by atoms with Crippen LogP contribution in [0.4, 0.5) is 4.79 Å². The Kier molecular flexibility index (Phi) is 5.59. The van der Waals surface area contributed by atoms with Crippen molar-refractivity contribution in [2.45, 2.75) is 45.2 Å². The fraction of sp³-hybridized carbons (Fsp3) is 0.750. The molecular weight excluding hydrogens is 250 g/mol. The summed E-state index contributed by atoms with van der Waals surface area (Å²) in [5.41, 5.74) is 0. The van der Waals surface area contributed by atoms with Gasteiger partial charge in [0.2, 0.25) is 5.91 Å². The molecule has 2 atom stereocenters. The van der Waals surface area contributed by atoms with Crippen LogP contribution in [0.5, 0.6) is 0 Å². The molecule has 0 aromatic heterocycles. The first-order chi connectivity index (χ1) is 8.95. The number of carboxylic acid groups (broad SMARTS) is 1. The Morgan fingerprint density at radius 3 is 2.26 bits per heavy atom. The Morgan fingerprint density at radius 1 is 1.21 bits per heavy atom. The van der Waals surface area contributed by atoms with Crippen molar-refractivity contribution in [1.82, 2.24) is 15.5 Å². The van der Waals surface area contributed by atoms with Crippen molar-refractivity contribution in [3.63, 3.8) is 0 Å². The number of nitrogens with one attached hydrogen (secondary N) is 2. The van der Waals surface area contributed by atoms with Crippen molar-refractivity contribution in [2.75, 3.05) is 13.1 Å².